The molecule has 4 unspecified atom stereocenters. The second-order valence-corrected chi connectivity index (χ2v) is 9.85. The van der Waals surface area contributed by atoms with Crippen LogP contribution in [-0.4, -0.2) is 6.18 Å². The SMILES string of the molecule is Fc1cc2cc(C3CCC4CC(c5ccccc5)CCC4C3)cc(F)c2c(F)c1C#CC(F)(F)F. The predicted octanol–water partition coefficient (Wildman–Crippen LogP) is 8.64. The average molecular weight is 486 g/mol. The van der Waals surface area contributed by atoms with Crippen LogP contribution in [0.1, 0.15) is 67.1 Å². The lowest BCUT2D eigenvalue weighted by atomic mass is 9.63. The van der Waals surface area contributed by atoms with E-state index >= 15 is 0 Å². The number of alkyl halides is 3. The molecular weight excluding hydrogens is 462 g/mol. The molecule has 2 saturated carbocycles. The molecule has 182 valence electrons. The molecule has 0 aromatic heterocycles. The summed E-state index contributed by atoms with van der Waals surface area (Å²) in [6, 6.07) is 14.3. The van der Waals surface area contributed by atoms with Crippen molar-refractivity contribution in [2.24, 2.45) is 11.8 Å². The Labute approximate surface area is 200 Å². The van der Waals surface area contributed by atoms with E-state index in [1.807, 2.05) is 6.07 Å². The van der Waals surface area contributed by atoms with Crippen LogP contribution in [0.2, 0.25) is 0 Å². The molecule has 3 aromatic rings. The van der Waals surface area contributed by atoms with E-state index < -0.39 is 34.6 Å². The van der Waals surface area contributed by atoms with E-state index in [2.05, 4.69) is 24.3 Å². The lowest BCUT2D eigenvalue weighted by molar-refractivity contribution is -0.0696. The van der Waals surface area contributed by atoms with Gasteiger partial charge in [0, 0.05) is 5.92 Å². The molecular formula is C29H24F6. The molecule has 4 atom stereocenters. The Morgan fingerprint density at radius 3 is 1.97 bits per heavy atom. The van der Waals surface area contributed by atoms with Gasteiger partial charge in [-0.05, 0) is 90.8 Å². The van der Waals surface area contributed by atoms with Crippen LogP contribution in [-0.2, 0) is 0 Å². The van der Waals surface area contributed by atoms with Gasteiger partial charge in [-0.1, -0.05) is 42.3 Å². The molecule has 0 saturated heterocycles. The van der Waals surface area contributed by atoms with Crippen molar-refractivity contribution in [2.45, 2.75) is 56.5 Å². The summed E-state index contributed by atoms with van der Waals surface area (Å²) < 4.78 is 81.4. The summed E-state index contributed by atoms with van der Waals surface area (Å²) in [4.78, 5) is 0. The van der Waals surface area contributed by atoms with Crippen LogP contribution >= 0.6 is 0 Å². The van der Waals surface area contributed by atoms with Crippen LogP contribution in [0.15, 0.2) is 48.5 Å². The van der Waals surface area contributed by atoms with Crippen molar-refractivity contribution >= 4 is 10.8 Å². The number of benzene rings is 3. The highest BCUT2D eigenvalue weighted by atomic mass is 19.4. The van der Waals surface area contributed by atoms with Gasteiger partial charge < -0.3 is 0 Å². The smallest absolute Gasteiger partial charge is 0.206 e. The van der Waals surface area contributed by atoms with Crippen molar-refractivity contribution in [3.8, 4) is 11.8 Å². The number of hydrogen-bond acceptors (Lipinski definition) is 0. The van der Waals surface area contributed by atoms with Gasteiger partial charge in [-0.25, -0.2) is 13.2 Å². The normalized spacial score (nSPS) is 24.5. The van der Waals surface area contributed by atoms with Crippen LogP contribution in [0.4, 0.5) is 26.3 Å². The third kappa shape index (κ3) is 4.91. The zero-order chi connectivity index (χ0) is 24.7. The van der Waals surface area contributed by atoms with Crippen molar-refractivity contribution in [1.82, 2.24) is 0 Å². The predicted molar refractivity (Wildman–Crippen MR) is 123 cm³/mol. The minimum Gasteiger partial charge on any atom is -0.206 e. The first-order valence-corrected chi connectivity index (χ1v) is 12.0. The van der Waals surface area contributed by atoms with E-state index in [4.69, 9.17) is 0 Å². The molecule has 0 heterocycles. The van der Waals surface area contributed by atoms with Gasteiger partial charge in [0.1, 0.15) is 11.6 Å². The minimum absolute atomic E-state index is 0.00229. The molecule has 0 spiro atoms. The Balaban J connectivity index is 1.38. The molecule has 5 rings (SSSR count). The first-order chi connectivity index (χ1) is 16.7. The summed E-state index contributed by atoms with van der Waals surface area (Å²) in [6.07, 6.45) is 1.24. The van der Waals surface area contributed by atoms with Gasteiger partial charge in [0.15, 0.2) is 5.82 Å². The maximum absolute atomic E-state index is 15.0. The number of hydrogen-bond donors (Lipinski definition) is 0. The van der Waals surface area contributed by atoms with Crippen LogP contribution < -0.4 is 0 Å². The van der Waals surface area contributed by atoms with E-state index in [9.17, 15) is 26.3 Å². The Kier molecular flexibility index (Phi) is 6.29. The topological polar surface area (TPSA) is 0 Å². The quantitative estimate of drug-likeness (QED) is 0.251. The molecule has 0 amide bonds. The zero-order valence-electron chi connectivity index (χ0n) is 18.9. The summed E-state index contributed by atoms with van der Waals surface area (Å²) >= 11 is 0. The molecule has 2 aliphatic carbocycles. The molecule has 35 heavy (non-hydrogen) atoms. The molecule has 0 aliphatic heterocycles. The highest BCUT2D eigenvalue weighted by Gasteiger charge is 2.36. The van der Waals surface area contributed by atoms with Crippen molar-refractivity contribution in [3.05, 3.63) is 82.7 Å². The van der Waals surface area contributed by atoms with Gasteiger partial charge >= 0.3 is 6.18 Å². The fraction of sp³-hybridized carbons (Fsp3) is 0.379. The standard InChI is InChI=1S/C29H24F6/c30-25-16-23-14-22(15-26(31)27(23)28(32)24(25)10-11-29(33,34)35)21-9-8-19-12-18(6-7-20(19)13-21)17-4-2-1-3-5-17/h1-5,14-16,18-21H,6-9,12-13H2. The Bertz CT molecular complexity index is 1300. The van der Waals surface area contributed by atoms with Gasteiger partial charge in [0.05, 0.1) is 10.9 Å². The van der Waals surface area contributed by atoms with Crippen molar-refractivity contribution < 1.29 is 26.3 Å². The Morgan fingerprint density at radius 2 is 1.34 bits per heavy atom. The van der Waals surface area contributed by atoms with Gasteiger partial charge in [-0.15, -0.1) is 0 Å². The summed E-state index contributed by atoms with van der Waals surface area (Å²) in [5, 5.41) is -0.527. The lowest BCUT2D eigenvalue weighted by Gasteiger charge is -2.42. The van der Waals surface area contributed by atoms with Gasteiger partial charge in [0.2, 0.25) is 0 Å². The Hall–Kier alpha value is -2.94. The van der Waals surface area contributed by atoms with Gasteiger partial charge in [-0.2, -0.15) is 13.2 Å². The van der Waals surface area contributed by atoms with E-state index in [-0.39, 0.29) is 11.3 Å². The second-order valence-electron chi connectivity index (χ2n) is 9.85. The fourth-order valence-electron chi connectivity index (χ4n) is 6.14. The molecule has 6 heteroatoms. The summed E-state index contributed by atoms with van der Waals surface area (Å²) in [7, 11) is 0. The van der Waals surface area contributed by atoms with Gasteiger partial charge in [-0.3, -0.25) is 0 Å². The second kappa shape index (κ2) is 9.26. The van der Waals surface area contributed by atoms with E-state index in [1.54, 1.807) is 6.07 Å². The van der Waals surface area contributed by atoms with Crippen molar-refractivity contribution in [2.75, 3.05) is 0 Å². The molecule has 0 bridgehead atoms. The summed E-state index contributed by atoms with van der Waals surface area (Å²) in [5.74, 6) is 0.581. The van der Waals surface area contributed by atoms with Gasteiger partial charge in [0.25, 0.3) is 0 Å². The van der Waals surface area contributed by atoms with E-state index in [0.717, 1.165) is 50.5 Å². The number of rotatable bonds is 2. The third-order valence-electron chi connectivity index (χ3n) is 7.79. The van der Waals surface area contributed by atoms with Crippen LogP contribution in [0.5, 0.6) is 0 Å². The highest BCUT2D eigenvalue weighted by molar-refractivity contribution is 5.86. The van der Waals surface area contributed by atoms with Crippen molar-refractivity contribution in [1.29, 1.82) is 0 Å². The van der Waals surface area contributed by atoms with Crippen LogP contribution in [0.3, 0.4) is 0 Å². The monoisotopic (exact) mass is 486 g/mol. The van der Waals surface area contributed by atoms with E-state index in [0.29, 0.717) is 23.3 Å². The van der Waals surface area contributed by atoms with Crippen LogP contribution in [0, 0.1) is 41.1 Å². The van der Waals surface area contributed by atoms with Crippen LogP contribution in [0.25, 0.3) is 10.8 Å². The highest BCUT2D eigenvalue weighted by Crippen LogP contribution is 2.50. The fourth-order valence-corrected chi connectivity index (χ4v) is 6.14. The van der Waals surface area contributed by atoms with E-state index in [1.165, 1.54) is 17.6 Å². The Morgan fingerprint density at radius 1 is 0.714 bits per heavy atom. The molecule has 3 aromatic carbocycles. The maximum Gasteiger partial charge on any atom is 0.458 e. The molecule has 0 radical (unpaired) electrons. The first-order valence-electron chi connectivity index (χ1n) is 12.0. The maximum atomic E-state index is 15.0. The lowest BCUT2D eigenvalue weighted by Crippen LogP contribution is -2.29. The molecule has 2 aliphatic rings. The molecule has 2 fully saturated rings. The molecule has 0 N–H and O–H groups in total. The number of fused-ring (bicyclic) bond motifs is 2. The largest absolute Gasteiger partial charge is 0.458 e. The minimum atomic E-state index is -4.91. The average Bonchev–Trinajstić information content (AvgIpc) is 2.82. The summed E-state index contributed by atoms with van der Waals surface area (Å²) in [6.45, 7) is 0. The molecule has 0 nitrogen and oxygen atoms in total. The first kappa shape index (κ1) is 23.8. The van der Waals surface area contributed by atoms with Crippen molar-refractivity contribution in [3.63, 3.8) is 0 Å². The summed E-state index contributed by atoms with van der Waals surface area (Å²) in [5.41, 5.74) is 0.997. The zero-order valence-corrected chi connectivity index (χ0v) is 18.9. The third-order valence-corrected chi connectivity index (χ3v) is 7.79. The number of halogens is 6.